The Hall–Kier alpha value is -1.20. The first-order valence-electron chi connectivity index (χ1n) is 4.55. The molecule has 1 amide bonds. The second-order valence-corrected chi connectivity index (χ2v) is 3.02. The Morgan fingerprint density at radius 2 is 1.88 bits per heavy atom. The van der Waals surface area contributed by atoms with E-state index in [1.165, 1.54) is 6.07 Å². The van der Waals surface area contributed by atoms with E-state index in [0.717, 1.165) is 12.1 Å². The maximum absolute atomic E-state index is 13.1. The van der Waals surface area contributed by atoms with Crippen molar-refractivity contribution in [3.8, 4) is 0 Å². The molecule has 1 aromatic carbocycles. The Morgan fingerprint density at radius 1 is 1.31 bits per heavy atom. The topological polar surface area (TPSA) is 55.1 Å². The molecule has 1 aromatic rings. The second kappa shape index (κ2) is 7.14. The van der Waals surface area contributed by atoms with Crippen LogP contribution in [0.15, 0.2) is 18.2 Å². The molecule has 0 aliphatic heterocycles. The molecule has 0 heterocycles. The average molecular weight is 251 g/mol. The van der Waals surface area contributed by atoms with E-state index in [1.807, 2.05) is 0 Å². The Balaban J connectivity index is 0.00000225. The highest BCUT2D eigenvalue weighted by Crippen LogP contribution is 2.12. The van der Waals surface area contributed by atoms with Crippen LogP contribution in [0.2, 0.25) is 0 Å². The van der Waals surface area contributed by atoms with Gasteiger partial charge in [0.15, 0.2) is 0 Å². The van der Waals surface area contributed by atoms with Crippen molar-refractivity contribution >= 4 is 18.3 Å². The van der Waals surface area contributed by atoms with Gasteiger partial charge >= 0.3 is 0 Å². The number of halogens is 3. The van der Waals surface area contributed by atoms with Gasteiger partial charge in [0.1, 0.15) is 11.6 Å². The molecule has 0 aliphatic rings. The summed E-state index contributed by atoms with van der Waals surface area (Å²) in [5, 5.41) is 2.44. The second-order valence-electron chi connectivity index (χ2n) is 3.02. The fourth-order valence-corrected chi connectivity index (χ4v) is 1.14. The van der Waals surface area contributed by atoms with Gasteiger partial charge in [0.2, 0.25) is 5.91 Å². The molecule has 0 spiro atoms. The molecule has 16 heavy (non-hydrogen) atoms. The summed E-state index contributed by atoms with van der Waals surface area (Å²) < 4.78 is 26.2. The van der Waals surface area contributed by atoms with Crippen LogP contribution >= 0.6 is 12.4 Å². The summed E-state index contributed by atoms with van der Waals surface area (Å²) in [6.07, 6.45) is -0.307. The SMILES string of the molecule is Cl.NCCNC(=O)Cc1c(F)cccc1F. The number of hydrogen-bond donors (Lipinski definition) is 2. The molecule has 0 unspecified atom stereocenters. The Labute approximate surface area is 98.4 Å². The minimum atomic E-state index is -0.710. The summed E-state index contributed by atoms with van der Waals surface area (Å²) >= 11 is 0. The van der Waals surface area contributed by atoms with Crippen LogP contribution in [0.25, 0.3) is 0 Å². The molecule has 3 N–H and O–H groups in total. The van der Waals surface area contributed by atoms with Crippen molar-refractivity contribution in [3.05, 3.63) is 35.4 Å². The van der Waals surface area contributed by atoms with Crippen molar-refractivity contribution in [2.75, 3.05) is 13.1 Å². The van der Waals surface area contributed by atoms with E-state index >= 15 is 0 Å². The van der Waals surface area contributed by atoms with Crippen LogP contribution in [0.4, 0.5) is 8.78 Å². The van der Waals surface area contributed by atoms with E-state index in [0.29, 0.717) is 13.1 Å². The Bertz CT molecular complexity index is 340. The zero-order valence-electron chi connectivity index (χ0n) is 8.50. The summed E-state index contributed by atoms with van der Waals surface area (Å²) in [6.45, 7) is 0.598. The summed E-state index contributed by atoms with van der Waals surface area (Å²) in [4.78, 5) is 11.2. The van der Waals surface area contributed by atoms with E-state index in [1.54, 1.807) is 0 Å². The maximum Gasteiger partial charge on any atom is 0.224 e. The Morgan fingerprint density at radius 3 is 2.38 bits per heavy atom. The van der Waals surface area contributed by atoms with Crippen LogP contribution in [-0.4, -0.2) is 19.0 Å². The van der Waals surface area contributed by atoms with Gasteiger partial charge in [-0.3, -0.25) is 4.79 Å². The summed E-state index contributed by atoms with van der Waals surface area (Å²) in [5.74, 6) is -1.86. The lowest BCUT2D eigenvalue weighted by Gasteiger charge is -2.05. The van der Waals surface area contributed by atoms with Crippen molar-refractivity contribution in [1.29, 1.82) is 0 Å². The van der Waals surface area contributed by atoms with E-state index in [2.05, 4.69) is 5.32 Å². The monoisotopic (exact) mass is 250 g/mol. The van der Waals surface area contributed by atoms with Crippen LogP contribution in [0.1, 0.15) is 5.56 Å². The highest BCUT2D eigenvalue weighted by Gasteiger charge is 2.12. The molecule has 1 rings (SSSR count). The number of carbonyl (C=O) groups excluding carboxylic acids is 1. The largest absolute Gasteiger partial charge is 0.355 e. The van der Waals surface area contributed by atoms with Crippen molar-refractivity contribution in [2.24, 2.45) is 5.73 Å². The molecule has 0 radical (unpaired) electrons. The van der Waals surface area contributed by atoms with Crippen molar-refractivity contribution in [3.63, 3.8) is 0 Å². The third-order valence-electron chi connectivity index (χ3n) is 1.87. The molecule has 6 heteroatoms. The number of nitrogens with one attached hydrogen (secondary N) is 1. The minimum absolute atomic E-state index is 0. The number of amides is 1. The van der Waals surface area contributed by atoms with Crippen LogP contribution < -0.4 is 11.1 Å². The normalized spacial score (nSPS) is 9.44. The maximum atomic E-state index is 13.1. The van der Waals surface area contributed by atoms with E-state index in [4.69, 9.17) is 5.73 Å². The lowest BCUT2D eigenvalue weighted by Crippen LogP contribution is -2.30. The summed E-state index contributed by atoms with van der Waals surface area (Å²) in [6, 6.07) is 3.50. The van der Waals surface area contributed by atoms with Gasteiger partial charge < -0.3 is 11.1 Å². The highest BCUT2D eigenvalue weighted by atomic mass is 35.5. The van der Waals surface area contributed by atoms with E-state index < -0.39 is 17.5 Å². The van der Waals surface area contributed by atoms with Gasteiger partial charge in [-0.25, -0.2) is 8.78 Å². The Kier molecular flexibility index (Phi) is 6.60. The molecule has 0 fully saturated rings. The average Bonchev–Trinajstić information content (AvgIpc) is 2.21. The molecule has 3 nitrogen and oxygen atoms in total. The van der Waals surface area contributed by atoms with Crippen molar-refractivity contribution < 1.29 is 13.6 Å². The molecular formula is C10H13ClF2N2O. The predicted molar refractivity (Wildman–Crippen MR) is 59.4 cm³/mol. The fourth-order valence-electron chi connectivity index (χ4n) is 1.14. The molecule has 0 bridgehead atoms. The number of carbonyl (C=O) groups is 1. The van der Waals surface area contributed by atoms with Gasteiger partial charge in [0.25, 0.3) is 0 Å². The van der Waals surface area contributed by atoms with Crippen LogP contribution in [-0.2, 0) is 11.2 Å². The smallest absolute Gasteiger partial charge is 0.224 e. The first-order chi connectivity index (χ1) is 7.15. The van der Waals surface area contributed by atoms with Gasteiger partial charge in [-0.1, -0.05) is 6.07 Å². The molecule has 0 aromatic heterocycles. The molecular weight excluding hydrogens is 238 g/mol. The van der Waals surface area contributed by atoms with Crippen LogP contribution in [0.5, 0.6) is 0 Å². The van der Waals surface area contributed by atoms with Gasteiger partial charge in [0.05, 0.1) is 6.42 Å². The van der Waals surface area contributed by atoms with Crippen molar-refractivity contribution in [2.45, 2.75) is 6.42 Å². The first kappa shape index (κ1) is 14.8. The third-order valence-corrected chi connectivity index (χ3v) is 1.87. The van der Waals surface area contributed by atoms with E-state index in [-0.39, 0.29) is 24.4 Å². The fraction of sp³-hybridized carbons (Fsp3) is 0.300. The highest BCUT2D eigenvalue weighted by molar-refractivity contribution is 5.85. The lowest BCUT2D eigenvalue weighted by molar-refractivity contribution is -0.120. The predicted octanol–water partition coefficient (Wildman–Crippen LogP) is 1.00. The number of benzene rings is 1. The summed E-state index contributed by atoms with van der Waals surface area (Å²) in [5.41, 5.74) is 4.95. The summed E-state index contributed by atoms with van der Waals surface area (Å²) in [7, 11) is 0. The van der Waals surface area contributed by atoms with Gasteiger partial charge in [-0.05, 0) is 12.1 Å². The molecule has 0 saturated heterocycles. The molecule has 90 valence electrons. The third kappa shape index (κ3) is 4.12. The number of nitrogens with two attached hydrogens (primary N) is 1. The molecule has 0 atom stereocenters. The zero-order chi connectivity index (χ0) is 11.3. The van der Waals surface area contributed by atoms with Crippen LogP contribution in [0.3, 0.4) is 0 Å². The van der Waals surface area contributed by atoms with Crippen LogP contribution in [0, 0.1) is 11.6 Å². The van der Waals surface area contributed by atoms with Gasteiger partial charge in [-0.15, -0.1) is 12.4 Å². The van der Waals surface area contributed by atoms with E-state index in [9.17, 15) is 13.6 Å². The minimum Gasteiger partial charge on any atom is -0.355 e. The standard InChI is InChI=1S/C10H12F2N2O.ClH/c11-8-2-1-3-9(12)7(8)6-10(15)14-5-4-13;/h1-3H,4-6,13H2,(H,14,15);1H. The molecule has 0 saturated carbocycles. The number of rotatable bonds is 4. The lowest BCUT2D eigenvalue weighted by atomic mass is 10.1. The van der Waals surface area contributed by atoms with Crippen molar-refractivity contribution in [1.82, 2.24) is 5.32 Å². The first-order valence-corrected chi connectivity index (χ1v) is 4.55. The van der Waals surface area contributed by atoms with Gasteiger partial charge in [0, 0.05) is 18.7 Å². The quantitative estimate of drug-likeness (QED) is 0.838. The number of hydrogen-bond acceptors (Lipinski definition) is 2. The zero-order valence-corrected chi connectivity index (χ0v) is 9.32. The molecule has 0 aliphatic carbocycles. The van der Waals surface area contributed by atoms with Gasteiger partial charge in [-0.2, -0.15) is 0 Å².